The van der Waals surface area contributed by atoms with Crippen LogP contribution in [0, 0.1) is 5.82 Å². The van der Waals surface area contributed by atoms with Crippen LogP contribution in [-0.2, 0) is 4.79 Å². The fourth-order valence-corrected chi connectivity index (χ4v) is 1.76. The molecule has 0 fully saturated rings. The first-order valence-corrected chi connectivity index (χ1v) is 5.54. The van der Waals surface area contributed by atoms with Crippen molar-refractivity contribution in [2.45, 2.75) is 32.7 Å². The summed E-state index contributed by atoms with van der Waals surface area (Å²) in [5.74, 6) is -0.303. The number of carbonyl (C=O) groups excluding carboxylic acids is 1. The lowest BCUT2D eigenvalue weighted by Gasteiger charge is -2.27. The molecule has 1 aromatic rings. The van der Waals surface area contributed by atoms with Crippen molar-refractivity contribution >= 4 is 11.6 Å². The van der Waals surface area contributed by atoms with Gasteiger partial charge in [-0.3, -0.25) is 4.79 Å². The summed E-state index contributed by atoms with van der Waals surface area (Å²) < 4.78 is 12.8. The Morgan fingerprint density at radius 3 is 2.29 bits per heavy atom. The molecule has 1 aliphatic rings. The normalized spacial score (nSPS) is 16.4. The molecule has 1 aliphatic heterocycles. The Hall–Kier alpha value is -1.71. The van der Waals surface area contributed by atoms with Gasteiger partial charge in [-0.05, 0) is 38.5 Å². The van der Waals surface area contributed by atoms with Gasteiger partial charge in [0.25, 0.3) is 0 Å². The molecule has 4 heteroatoms. The number of halogens is 1. The molecule has 0 spiro atoms. The molecule has 0 saturated carbocycles. The summed E-state index contributed by atoms with van der Waals surface area (Å²) in [6.45, 7) is 5.80. The van der Waals surface area contributed by atoms with Crippen molar-refractivity contribution in [2.24, 2.45) is 5.10 Å². The maximum Gasteiger partial charge on any atom is 0.249 e. The molecule has 0 aromatic heterocycles. The van der Waals surface area contributed by atoms with Gasteiger partial charge in [-0.2, -0.15) is 5.10 Å². The fraction of sp³-hybridized carbons (Fsp3) is 0.385. The van der Waals surface area contributed by atoms with Crippen molar-refractivity contribution in [3.8, 4) is 0 Å². The standard InChI is InChI=1S/C13H15FN2O/c1-13(2,3)16-12(17)8-11(15-16)9-4-6-10(14)7-5-9/h4-7H,8H2,1-3H3. The number of hydrazone groups is 1. The van der Waals surface area contributed by atoms with E-state index in [2.05, 4.69) is 5.10 Å². The monoisotopic (exact) mass is 234 g/mol. The highest BCUT2D eigenvalue weighted by Gasteiger charge is 2.32. The van der Waals surface area contributed by atoms with Gasteiger partial charge < -0.3 is 0 Å². The average molecular weight is 234 g/mol. The average Bonchev–Trinajstić information content (AvgIpc) is 2.61. The van der Waals surface area contributed by atoms with Gasteiger partial charge in [0, 0.05) is 0 Å². The third kappa shape index (κ3) is 2.35. The maximum atomic E-state index is 12.8. The Kier molecular flexibility index (Phi) is 2.73. The van der Waals surface area contributed by atoms with Crippen LogP contribution in [0.1, 0.15) is 32.8 Å². The van der Waals surface area contributed by atoms with E-state index in [-0.39, 0.29) is 23.7 Å². The van der Waals surface area contributed by atoms with Gasteiger partial charge in [0.15, 0.2) is 0 Å². The van der Waals surface area contributed by atoms with Gasteiger partial charge in [-0.25, -0.2) is 9.40 Å². The summed E-state index contributed by atoms with van der Waals surface area (Å²) in [5, 5.41) is 5.81. The Balaban J connectivity index is 2.30. The fourth-order valence-electron chi connectivity index (χ4n) is 1.76. The zero-order chi connectivity index (χ0) is 12.6. The van der Waals surface area contributed by atoms with E-state index in [1.807, 2.05) is 20.8 Å². The van der Waals surface area contributed by atoms with E-state index in [0.717, 1.165) is 5.56 Å². The SMILES string of the molecule is CC(C)(C)N1N=C(c2ccc(F)cc2)CC1=O. The lowest BCUT2D eigenvalue weighted by molar-refractivity contribution is -0.133. The summed E-state index contributed by atoms with van der Waals surface area (Å²) in [6.07, 6.45) is 0.281. The molecule has 0 unspecified atom stereocenters. The van der Waals surface area contributed by atoms with Crippen molar-refractivity contribution in [2.75, 3.05) is 0 Å². The molecular formula is C13H15FN2O. The second-order valence-corrected chi connectivity index (χ2v) is 5.11. The minimum Gasteiger partial charge on any atom is -0.272 e. The molecule has 0 radical (unpaired) electrons. The number of amides is 1. The van der Waals surface area contributed by atoms with Gasteiger partial charge in [0.1, 0.15) is 5.82 Å². The van der Waals surface area contributed by atoms with Crippen molar-refractivity contribution in [1.29, 1.82) is 0 Å². The molecule has 17 heavy (non-hydrogen) atoms. The second kappa shape index (κ2) is 3.95. The van der Waals surface area contributed by atoms with Crippen molar-refractivity contribution < 1.29 is 9.18 Å². The van der Waals surface area contributed by atoms with Crippen LogP contribution in [0.3, 0.4) is 0 Å². The molecule has 1 amide bonds. The maximum absolute atomic E-state index is 12.8. The van der Waals surface area contributed by atoms with Gasteiger partial charge in [0.2, 0.25) is 5.91 Å². The van der Waals surface area contributed by atoms with Crippen LogP contribution in [0.15, 0.2) is 29.4 Å². The first-order chi connectivity index (χ1) is 7.88. The highest BCUT2D eigenvalue weighted by molar-refractivity contribution is 6.13. The first kappa shape index (κ1) is 11.8. The van der Waals surface area contributed by atoms with E-state index in [9.17, 15) is 9.18 Å². The largest absolute Gasteiger partial charge is 0.272 e. The van der Waals surface area contributed by atoms with Crippen LogP contribution in [0.4, 0.5) is 4.39 Å². The predicted octanol–water partition coefficient (Wildman–Crippen LogP) is 2.56. The molecule has 90 valence electrons. The summed E-state index contributed by atoms with van der Waals surface area (Å²) in [7, 11) is 0. The lowest BCUT2D eigenvalue weighted by atomic mass is 10.1. The van der Waals surface area contributed by atoms with E-state index in [4.69, 9.17) is 0 Å². The number of rotatable bonds is 1. The first-order valence-electron chi connectivity index (χ1n) is 5.54. The highest BCUT2D eigenvalue weighted by Crippen LogP contribution is 2.23. The van der Waals surface area contributed by atoms with Gasteiger partial charge in [0.05, 0.1) is 17.7 Å². The molecule has 1 aromatic carbocycles. The van der Waals surface area contributed by atoms with Crippen molar-refractivity contribution in [3.63, 3.8) is 0 Å². The van der Waals surface area contributed by atoms with E-state index in [0.29, 0.717) is 5.71 Å². The second-order valence-electron chi connectivity index (χ2n) is 5.11. The number of carbonyl (C=O) groups is 1. The number of benzene rings is 1. The molecule has 0 atom stereocenters. The summed E-state index contributed by atoms with van der Waals surface area (Å²) in [4.78, 5) is 11.8. The molecule has 3 nitrogen and oxygen atoms in total. The molecular weight excluding hydrogens is 219 g/mol. The lowest BCUT2D eigenvalue weighted by Crippen LogP contribution is -2.38. The Morgan fingerprint density at radius 1 is 1.24 bits per heavy atom. The van der Waals surface area contributed by atoms with Crippen LogP contribution in [0.25, 0.3) is 0 Å². The topological polar surface area (TPSA) is 32.7 Å². The number of nitrogens with zero attached hydrogens (tertiary/aromatic N) is 2. The molecule has 2 rings (SSSR count). The van der Waals surface area contributed by atoms with E-state index in [1.54, 1.807) is 12.1 Å². The van der Waals surface area contributed by atoms with Crippen LogP contribution in [0.5, 0.6) is 0 Å². The van der Waals surface area contributed by atoms with E-state index in [1.165, 1.54) is 17.1 Å². The summed E-state index contributed by atoms with van der Waals surface area (Å²) in [5.41, 5.74) is 1.18. The number of hydrogen-bond acceptors (Lipinski definition) is 2. The van der Waals surface area contributed by atoms with Gasteiger partial charge >= 0.3 is 0 Å². The summed E-state index contributed by atoms with van der Waals surface area (Å²) >= 11 is 0. The number of hydrogen-bond donors (Lipinski definition) is 0. The molecule has 0 bridgehead atoms. The smallest absolute Gasteiger partial charge is 0.249 e. The Bertz CT molecular complexity index is 471. The van der Waals surface area contributed by atoms with Crippen LogP contribution in [-0.4, -0.2) is 22.2 Å². The van der Waals surface area contributed by atoms with Crippen LogP contribution < -0.4 is 0 Å². The quantitative estimate of drug-likeness (QED) is 0.735. The predicted molar refractivity (Wildman–Crippen MR) is 64.2 cm³/mol. The minimum absolute atomic E-state index is 0.0168. The third-order valence-electron chi connectivity index (χ3n) is 2.59. The molecule has 1 heterocycles. The highest BCUT2D eigenvalue weighted by atomic mass is 19.1. The Labute approximate surface area is 99.9 Å². The minimum atomic E-state index is -0.321. The van der Waals surface area contributed by atoms with E-state index < -0.39 is 0 Å². The molecule has 0 N–H and O–H groups in total. The summed E-state index contributed by atoms with van der Waals surface area (Å²) in [6, 6.07) is 6.05. The molecule has 0 saturated heterocycles. The Morgan fingerprint density at radius 2 is 1.82 bits per heavy atom. The van der Waals surface area contributed by atoms with Gasteiger partial charge in [-0.15, -0.1) is 0 Å². The van der Waals surface area contributed by atoms with Crippen molar-refractivity contribution in [1.82, 2.24) is 5.01 Å². The van der Waals surface area contributed by atoms with Crippen LogP contribution >= 0.6 is 0 Å². The van der Waals surface area contributed by atoms with Crippen LogP contribution in [0.2, 0.25) is 0 Å². The third-order valence-corrected chi connectivity index (χ3v) is 2.59. The van der Waals surface area contributed by atoms with Gasteiger partial charge in [-0.1, -0.05) is 12.1 Å². The zero-order valence-corrected chi connectivity index (χ0v) is 10.2. The van der Waals surface area contributed by atoms with E-state index >= 15 is 0 Å². The zero-order valence-electron chi connectivity index (χ0n) is 10.2. The van der Waals surface area contributed by atoms with Crippen molar-refractivity contribution in [3.05, 3.63) is 35.6 Å². The molecule has 0 aliphatic carbocycles.